The minimum Gasteiger partial charge on any atom is -0.284 e. The fourth-order valence-corrected chi connectivity index (χ4v) is 0.162. The fourth-order valence-electron chi connectivity index (χ4n) is 0.162. The summed E-state index contributed by atoms with van der Waals surface area (Å²) >= 11 is 0. The molecule has 0 radical (unpaired) electrons. The van der Waals surface area contributed by atoms with Crippen LogP contribution in [0.1, 0.15) is 0 Å². The van der Waals surface area contributed by atoms with Gasteiger partial charge in [0.05, 0.1) is 7.11 Å². The van der Waals surface area contributed by atoms with Crippen LogP contribution in [0.5, 0.6) is 0 Å². The lowest BCUT2D eigenvalue weighted by Crippen LogP contribution is -1.90. The van der Waals surface area contributed by atoms with Crippen LogP contribution in [0.4, 0.5) is 4.79 Å². The second-order valence-corrected chi connectivity index (χ2v) is 0.797. The minimum atomic E-state index is -0.433. The van der Waals surface area contributed by atoms with Gasteiger partial charge in [-0.15, -0.1) is 0 Å². The van der Waals surface area contributed by atoms with Crippen LogP contribution in [0.3, 0.4) is 0 Å². The van der Waals surface area contributed by atoms with E-state index in [1.807, 2.05) is 0 Å². The highest BCUT2D eigenvalue weighted by molar-refractivity contribution is 5.74. The summed E-state index contributed by atoms with van der Waals surface area (Å²) in [6, 6.07) is 0. The van der Waals surface area contributed by atoms with E-state index in [1.54, 1.807) is 0 Å². The third-order valence-electron chi connectivity index (χ3n) is 0.443. The Labute approximate surface area is 34.2 Å². The molecule has 0 bridgehead atoms. The maximum atomic E-state index is 9.70. The summed E-state index contributed by atoms with van der Waals surface area (Å²) in [5.74, 6) is 0. The maximum Gasteiger partial charge on any atom is 0.496 e. The maximum absolute atomic E-state index is 9.70. The highest BCUT2D eigenvalue weighted by Crippen LogP contribution is 2.09. The number of rotatable bonds is 1. The molecule has 0 aromatic rings. The van der Waals surface area contributed by atoms with Crippen molar-refractivity contribution >= 4 is 6.09 Å². The minimum absolute atomic E-state index is 0.433. The first-order valence-electron chi connectivity index (χ1n) is 1.41. The van der Waals surface area contributed by atoms with Crippen LogP contribution >= 0.6 is 0 Å². The number of hydroxylamine groups is 2. The molecule has 34 valence electrons. The zero-order valence-electron chi connectivity index (χ0n) is 3.17. The lowest BCUT2D eigenvalue weighted by molar-refractivity contribution is -0.134. The number of amides is 1. The standard InChI is InChI=1S/C2H3NO3/c1-5-3-2(4)6-3/h1H3. The highest BCUT2D eigenvalue weighted by Gasteiger charge is 2.35. The molecule has 0 spiro atoms. The fraction of sp³-hybridized carbons (Fsp3) is 0.500. The van der Waals surface area contributed by atoms with Crippen molar-refractivity contribution in [3.8, 4) is 0 Å². The average molecular weight is 89.0 g/mol. The van der Waals surface area contributed by atoms with Gasteiger partial charge >= 0.3 is 6.09 Å². The molecule has 4 heteroatoms. The van der Waals surface area contributed by atoms with Gasteiger partial charge in [0.2, 0.25) is 0 Å². The number of carbonyl (C=O) groups is 1. The Morgan fingerprint density at radius 3 is 2.50 bits per heavy atom. The molecule has 0 aromatic heterocycles. The smallest absolute Gasteiger partial charge is 0.284 e. The van der Waals surface area contributed by atoms with Gasteiger partial charge in [-0.3, -0.25) is 4.84 Å². The van der Waals surface area contributed by atoms with Gasteiger partial charge in [0.15, 0.2) is 0 Å². The van der Waals surface area contributed by atoms with Crippen LogP contribution in [-0.4, -0.2) is 18.4 Å². The summed E-state index contributed by atoms with van der Waals surface area (Å²) in [7, 11) is 1.35. The molecular weight excluding hydrogens is 86.0 g/mol. The van der Waals surface area contributed by atoms with Crippen molar-refractivity contribution in [2.45, 2.75) is 0 Å². The lowest BCUT2D eigenvalue weighted by atomic mass is 11.4. The predicted molar refractivity (Wildman–Crippen MR) is 15.3 cm³/mol. The highest BCUT2D eigenvalue weighted by atomic mass is 17.1. The Morgan fingerprint density at radius 1 is 2.00 bits per heavy atom. The Bertz CT molecular complexity index is 80.9. The molecule has 0 aliphatic carbocycles. The van der Waals surface area contributed by atoms with Crippen LogP contribution in [0.2, 0.25) is 0 Å². The number of carbonyl (C=O) groups excluding carboxylic acids is 1. The van der Waals surface area contributed by atoms with E-state index in [0.717, 1.165) is 5.23 Å². The third-order valence-corrected chi connectivity index (χ3v) is 0.443. The third kappa shape index (κ3) is 0.307. The van der Waals surface area contributed by atoms with Gasteiger partial charge in [0.1, 0.15) is 0 Å². The zero-order valence-corrected chi connectivity index (χ0v) is 3.17. The number of hydrogen-bond acceptors (Lipinski definition) is 3. The van der Waals surface area contributed by atoms with E-state index in [9.17, 15) is 4.79 Å². The predicted octanol–water partition coefficient (Wildman–Crippen LogP) is -0.0850. The summed E-state index contributed by atoms with van der Waals surface area (Å²) in [5.41, 5.74) is 0. The van der Waals surface area contributed by atoms with E-state index in [-0.39, 0.29) is 0 Å². The number of hydrogen-bond donors (Lipinski definition) is 0. The molecule has 1 saturated heterocycles. The molecule has 1 aliphatic rings. The first kappa shape index (κ1) is 3.42. The van der Waals surface area contributed by atoms with Gasteiger partial charge in [-0.05, 0) is 0 Å². The van der Waals surface area contributed by atoms with E-state index in [4.69, 9.17) is 0 Å². The molecule has 0 saturated carbocycles. The van der Waals surface area contributed by atoms with Gasteiger partial charge in [-0.2, -0.15) is 0 Å². The average Bonchev–Trinajstić information content (AvgIpc) is 2.19. The Kier molecular flexibility index (Phi) is 0.481. The second-order valence-electron chi connectivity index (χ2n) is 0.797. The molecule has 0 aromatic carbocycles. The Balaban J connectivity index is 2.26. The van der Waals surface area contributed by atoms with Crippen LogP contribution < -0.4 is 0 Å². The van der Waals surface area contributed by atoms with E-state index >= 15 is 0 Å². The van der Waals surface area contributed by atoms with Crippen molar-refractivity contribution in [3.05, 3.63) is 0 Å². The molecule has 1 aliphatic heterocycles. The Morgan fingerprint density at radius 2 is 2.50 bits per heavy atom. The molecule has 0 atom stereocenters. The van der Waals surface area contributed by atoms with Crippen LogP contribution in [-0.2, 0) is 9.68 Å². The largest absolute Gasteiger partial charge is 0.496 e. The second kappa shape index (κ2) is 0.844. The van der Waals surface area contributed by atoms with E-state index in [2.05, 4.69) is 9.68 Å². The van der Waals surface area contributed by atoms with Crippen LogP contribution in [0.15, 0.2) is 0 Å². The van der Waals surface area contributed by atoms with Crippen molar-refractivity contribution < 1.29 is 14.5 Å². The monoisotopic (exact) mass is 89.0 g/mol. The SMILES string of the molecule is CON1OC1=O. The zero-order chi connectivity index (χ0) is 4.57. The van der Waals surface area contributed by atoms with Crippen LogP contribution in [0, 0.1) is 0 Å². The summed E-state index contributed by atoms with van der Waals surface area (Å²) < 4.78 is 0. The quantitative estimate of drug-likeness (QED) is 0.422. The van der Waals surface area contributed by atoms with Crippen molar-refractivity contribution in [3.63, 3.8) is 0 Å². The van der Waals surface area contributed by atoms with Gasteiger partial charge in [-0.25, -0.2) is 9.63 Å². The lowest BCUT2D eigenvalue weighted by Gasteiger charge is -1.77. The molecule has 0 N–H and O–H groups in total. The van der Waals surface area contributed by atoms with Crippen molar-refractivity contribution in [2.75, 3.05) is 7.11 Å². The van der Waals surface area contributed by atoms with E-state index < -0.39 is 6.09 Å². The molecular formula is C2H3NO3. The summed E-state index contributed by atoms with van der Waals surface area (Å²) in [6.45, 7) is 0. The molecule has 1 fully saturated rings. The van der Waals surface area contributed by atoms with Crippen molar-refractivity contribution in [1.29, 1.82) is 0 Å². The van der Waals surface area contributed by atoms with Crippen molar-refractivity contribution in [2.24, 2.45) is 0 Å². The molecule has 4 nitrogen and oxygen atoms in total. The molecule has 6 heavy (non-hydrogen) atoms. The van der Waals surface area contributed by atoms with Gasteiger partial charge in [0.25, 0.3) is 0 Å². The summed E-state index contributed by atoms with van der Waals surface area (Å²) in [4.78, 5) is 18.0. The van der Waals surface area contributed by atoms with Crippen molar-refractivity contribution in [1.82, 2.24) is 5.23 Å². The van der Waals surface area contributed by atoms with Crippen LogP contribution in [0.25, 0.3) is 0 Å². The van der Waals surface area contributed by atoms with Gasteiger partial charge in [0, 0.05) is 5.23 Å². The topological polar surface area (TPSA) is 41.8 Å². The summed E-state index contributed by atoms with van der Waals surface area (Å²) in [6.07, 6.45) is -0.433. The van der Waals surface area contributed by atoms with Gasteiger partial charge in [-0.1, -0.05) is 0 Å². The first-order valence-corrected chi connectivity index (χ1v) is 1.41. The normalized spacial score (nSPS) is 17.5. The molecule has 1 rings (SSSR count). The number of nitrogens with zero attached hydrogens (tertiary/aromatic N) is 1. The molecule has 1 amide bonds. The van der Waals surface area contributed by atoms with Gasteiger partial charge < -0.3 is 0 Å². The molecule has 0 unspecified atom stereocenters. The van der Waals surface area contributed by atoms with E-state index in [0.29, 0.717) is 0 Å². The summed E-state index contributed by atoms with van der Waals surface area (Å²) in [5, 5.41) is 0.778. The first-order chi connectivity index (χ1) is 2.84. The Hall–Kier alpha value is -0.770. The van der Waals surface area contributed by atoms with E-state index in [1.165, 1.54) is 7.11 Å². The molecule has 1 heterocycles.